The topological polar surface area (TPSA) is 67.8 Å². The van der Waals surface area contributed by atoms with Crippen molar-refractivity contribution in [1.29, 1.82) is 0 Å². The average Bonchev–Trinajstić information content (AvgIpc) is 2.99. The molecular weight excluding hydrogens is 270 g/mol. The Labute approximate surface area is 125 Å². The van der Waals surface area contributed by atoms with Crippen molar-refractivity contribution in [2.75, 3.05) is 26.9 Å². The van der Waals surface area contributed by atoms with E-state index < -0.39 is 0 Å². The molecule has 1 aromatic carbocycles. The Morgan fingerprint density at radius 2 is 1.90 bits per heavy atom. The zero-order valence-corrected chi connectivity index (χ0v) is 12.4. The molecule has 1 aliphatic carbocycles. The van der Waals surface area contributed by atoms with Gasteiger partial charge in [-0.05, 0) is 48.9 Å². The zero-order valence-electron chi connectivity index (χ0n) is 12.4. The van der Waals surface area contributed by atoms with Crippen LogP contribution in [-0.4, -0.2) is 37.9 Å². The summed E-state index contributed by atoms with van der Waals surface area (Å²) < 4.78 is 10.5. The van der Waals surface area contributed by atoms with E-state index in [4.69, 9.17) is 9.47 Å². The Kier molecular flexibility index (Phi) is 5.87. The molecule has 0 heterocycles. The molecule has 0 bridgehead atoms. The van der Waals surface area contributed by atoms with Gasteiger partial charge in [-0.25, -0.2) is 0 Å². The SMILES string of the molecule is COc1ccc(OCC(=O)NCC2CCCC2CO)cc1. The zero-order chi connectivity index (χ0) is 15.1. The molecule has 0 aliphatic heterocycles. The van der Waals surface area contributed by atoms with Gasteiger partial charge in [0, 0.05) is 13.2 Å². The van der Waals surface area contributed by atoms with Crippen molar-refractivity contribution in [3.05, 3.63) is 24.3 Å². The second kappa shape index (κ2) is 7.88. The second-order valence-corrected chi connectivity index (χ2v) is 5.40. The fourth-order valence-corrected chi connectivity index (χ4v) is 2.74. The number of carbonyl (C=O) groups is 1. The number of amides is 1. The van der Waals surface area contributed by atoms with Gasteiger partial charge in [0.15, 0.2) is 6.61 Å². The van der Waals surface area contributed by atoms with Gasteiger partial charge in [-0.1, -0.05) is 6.42 Å². The van der Waals surface area contributed by atoms with Crippen LogP contribution in [0.2, 0.25) is 0 Å². The highest BCUT2D eigenvalue weighted by atomic mass is 16.5. The number of aliphatic hydroxyl groups is 1. The number of benzene rings is 1. The molecule has 116 valence electrons. The average molecular weight is 293 g/mol. The quantitative estimate of drug-likeness (QED) is 0.801. The summed E-state index contributed by atoms with van der Waals surface area (Å²) in [5.41, 5.74) is 0. The normalized spacial score (nSPS) is 21.0. The highest BCUT2D eigenvalue weighted by Gasteiger charge is 2.26. The summed E-state index contributed by atoms with van der Waals surface area (Å²) in [5.74, 6) is 1.98. The predicted molar refractivity (Wildman–Crippen MR) is 79.4 cm³/mol. The number of rotatable bonds is 7. The molecule has 0 radical (unpaired) electrons. The van der Waals surface area contributed by atoms with Gasteiger partial charge in [-0.2, -0.15) is 0 Å². The molecule has 0 aromatic heterocycles. The second-order valence-electron chi connectivity index (χ2n) is 5.40. The third-order valence-corrected chi connectivity index (χ3v) is 4.04. The standard InChI is InChI=1S/C16H23NO4/c1-20-14-5-7-15(8-6-14)21-11-16(19)17-9-12-3-2-4-13(12)10-18/h5-8,12-13,18H,2-4,9-11H2,1H3,(H,17,19). The summed E-state index contributed by atoms with van der Waals surface area (Å²) in [7, 11) is 1.60. The summed E-state index contributed by atoms with van der Waals surface area (Å²) in [6, 6.07) is 7.12. The molecule has 2 atom stereocenters. The first-order valence-corrected chi connectivity index (χ1v) is 7.37. The van der Waals surface area contributed by atoms with E-state index in [9.17, 15) is 9.90 Å². The largest absolute Gasteiger partial charge is 0.497 e. The van der Waals surface area contributed by atoms with E-state index in [0.717, 1.165) is 25.0 Å². The van der Waals surface area contributed by atoms with Gasteiger partial charge >= 0.3 is 0 Å². The van der Waals surface area contributed by atoms with E-state index in [0.29, 0.717) is 24.1 Å². The van der Waals surface area contributed by atoms with Crippen molar-refractivity contribution in [1.82, 2.24) is 5.32 Å². The van der Waals surface area contributed by atoms with Gasteiger partial charge in [0.05, 0.1) is 7.11 Å². The first-order valence-electron chi connectivity index (χ1n) is 7.37. The Hall–Kier alpha value is -1.75. The van der Waals surface area contributed by atoms with Crippen LogP contribution >= 0.6 is 0 Å². The summed E-state index contributed by atoms with van der Waals surface area (Å²) in [5, 5.41) is 12.1. The van der Waals surface area contributed by atoms with Crippen LogP contribution in [0.15, 0.2) is 24.3 Å². The van der Waals surface area contributed by atoms with Crippen LogP contribution in [0.4, 0.5) is 0 Å². The maximum atomic E-state index is 11.8. The third-order valence-electron chi connectivity index (χ3n) is 4.04. The molecule has 1 saturated carbocycles. The fourth-order valence-electron chi connectivity index (χ4n) is 2.74. The monoisotopic (exact) mass is 293 g/mol. The number of hydrogen-bond acceptors (Lipinski definition) is 4. The van der Waals surface area contributed by atoms with Crippen LogP contribution in [-0.2, 0) is 4.79 Å². The van der Waals surface area contributed by atoms with E-state index in [-0.39, 0.29) is 19.1 Å². The molecule has 5 nitrogen and oxygen atoms in total. The first-order chi connectivity index (χ1) is 10.2. The number of hydrogen-bond donors (Lipinski definition) is 2. The maximum absolute atomic E-state index is 11.8. The number of methoxy groups -OCH3 is 1. The lowest BCUT2D eigenvalue weighted by Crippen LogP contribution is -2.34. The van der Waals surface area contributed by atoms with Crippen molar-refractivity contribution in [3.63, 3.8) is 0 Å². The molecule has 1 aromatic rings. The summed E-state index contributed by atoms with van der Waals surface area (Å²) in [6.45, 7) is 0.835. The number of carbonyl (C=O) groups excluding carboxylic acids is 1. The van der Waals surface area contributed by atoms with Crippen molar-refractivity contribution in [2.45, 2.75) is 19.3 Å². The molecule has 2 N–H and O–H groups in total. The molecule has 21 heavy (non-hydrogen) atoms. The Balaban J connectivity index is 1.69. The van der Waals surface area contributed by atoms with Gasteiger partial charge in [-0.3, -0.25) is 4.79 Å². The lowest BCUT2D eigenvalue weighted by Gasteiger charge is -2.17. The fraction of sp³-hybridized carbons (Fsp3) is 0.562. The Morgan fingerprint density at radius 3 is 2.57 bits per heavy atom. The van der Waals surface area contributed by atoms with Crippen LogP contribution in [0.1, 0.15) is 19.3 Å². The molecule has 0 spiro atoms. The highest BCUT2D eigenvalue weighted by Crippen LogP contribution is 2.30. The van der Waals surface area contributed by atoms with Gasteiger partial charge in [-0.15, -0.1) is 0 Å². The van der Waals surface area contributed by atoms with E-state index in [2.05, 4.69) is 5.32 Å². The molecule has 1 fully saturated rings. The van der Waals surface area contributed by atoms with Crippen LogP contribution in [0.5, 0.6) is 11.5 Å². The van der Waals surface area contributed by atoms with Gasteiger partial charge in [0.2, 0.25) is 0 Å². The Bertz CT molecular complexity index is 446. The van der Waals surface area contributed by atoms with Crippen molar-refractivity contribution in [2.24, 2.45) is 11.8 Å². The van der Waals surface area contributed by atoms with Crippen molar-refractivity contribution in [3.8, 4) is 11.5 Å². The summed E-state index contributed by atoms with van der Waals surface area (Å²) in [6.07, 6.45) is 3.26. The number of nitrogens with one attached hydrogen (secondary N) is 1. The summed E-state index contributed by atoms with van der Waals surface area (Å²) in [4.78, 5) is 11.8. The van der Waals surface area contributed by atoms with Crippen LogP contribution in [0, 0.1) is 11.8 Å². The van der Waals surface area contributed by atoms with Gasteiger partial charge in [0.25, 0.3) is 5.91 Å². The van der Waals surface area contributed by atoms with Crippen LogP contribution < -0.4 is 14.8 Å². The third kappa shape index (κ3) is 4.63. The number of aliphatic hydroxyl groups excluding tert-OH is 1. The smallest absolute Gasteiger partial charge is 0.257 e. The minimum absolute atomic E-state index is 0.00282. The Morgan fingerprint density at radius 1 is 1.24 bits per heavy atom. The van der Waals surface area contributed by atoms with Crippen molar-refractivity contribution < 1.29 is 19.4 Å². The summed E-state index contributed by atoms with van der Waals surface area (Å²) >= 11 is 0. The molecule has 2 unspecified atom stereocenters. The van der Waals surface area contributed by atoms with Crippen molar-refractivity contribution >= 4 is 5.91 Å². The molecule has 5 heteroatoms. The van der Waals surface area contributed by atoms with E-state index in [1.165, 1.54) is 0 Å². The molecule has 0 saturated heterocycles. The lowest BCUT2D eigenvalue weighted by atomic mass is 9.97. The molecule has 1 aliphatic rings. The lowest BCUT2D eigenvalue weighted by molar-refractivity contribution is -0.123. The number of ether oxygens (including phenoxy) is 2. The van der Waals surface area contributed by atoms with Gasteiger partial charge in [0.1, 0.15) is 11.5 Å². The minimum atomic E-state index is -0.130. The molecular formula is C16H23NO4. The highest BCUT2D eigenvalue weighted by molar-refractivity contribution is 5.77. The van der Waals surface area contributed by atoms with E-state index in [1.807, 2.05) is 0 Å². The van der Waals surface area contributed by atoms with E-state index >= 15 is 0 Å². The predicted octanol–water partition coefficient (Wildman–Crippen LogP) is 1.60. The molecule has 1 amide bonds. The van der Waals surface area contributed by atoms with Crippen LogP contribution in [0.25, 0.3) is 0 Å². The van der Waals surface area contributed by atoms with Gasteiger partial charge < -0.3 is 19.9 Å². The van der Waals surface area contributed by atoms with Crippen LogP contribution in [0.3, 0.4) is 0 Å². The first kappa shape index (κ1) is 15.6. The van der Waals surface area contributed by atoms with E-state index in [1.54, 1.807) is 31.4 Å². The molecule has 2 rings (SSSR count). The minimum Gasteiger partial charge on any atom is -0.497 e. The maximum Gasteiger partial charge on any atom is 0.257 e.